The van der Waals surface area contributed by atoms with Crippen molar-refractivity contribution in [3.8, 4) is 0 Å². The van der Waals surface area contributed by atoms with E-state index in [1.165, 1.54) is 231 Å². The van der Waals surface area contributed by atoms with Gasteiger partial charge in [0.15, 0.2) is 12.2 Å². The standard InChI is InChI=1S/C84H164O17P2/c1-9-77(8)63-55-47-39-31-25-19-14-16-22-28-34-42-51-59-67-83(88)100-79(70-94-81(86)64-56-48-40-32-26-20-15-13-18-24-30-37-45-53-61-75(4)5)72-98-102(90,91)96-68-78(85)69-97-103(92,93)99-73-80(71-95-82(87)65-57-49-43-35-38-46-54-62-76(6)7)101-84(89)66-58-50-41-33-27-21-12-10-11-17-23-29-36-44-52-60-74(2)3/h74-80,85H,9-73H2,1-8H3,(H,90,91)(H,92,93)/t77?,78?,79-,80-/m1/s1. The number of phosphoric ester groups is 2. The van der Waals surface area contributed by atoms with Crippen molar-refractivity contribution in [3.05, 3.63) is 0 Å². The molecule has 6 atom stereocenters. The van der Waals surface area contributed by atoms with Crippen LogP contribution >= 0.6 is 15.6 Å². The Morgan fingerprint density at radius 2 is 0.466 bits per heavy atom. The average molecular weight is 1510 g/mol. The Balaban J connectivity index is 5.24. The van der Waals surface area contributed by atoms with E-state index in [9.17, 15) is 43.2 Å². The first-order valence-corrected chi connectivity index (χ1v) is 46.2. The Morgan fingerprint density at radius 1 is 0.272 bits per heavy atom. The molecule has 3 N–H and O–H groups in total. The predicted octanol–water partition coefficient (Wildman–Crippen LogP) is 25.2. The van der Waals surface area contributed by atoms with Crippen LogP contribution in [0.5, 0.6) is 0 Å². The largest absolute Gasteiger partial charge is 0.472 e. The third-order valence-corrected chi connectivity index (χ3v) is 21.8. The molecule has 0 aliphatic carbocycles. The van der Waals surface area contributed by atoms with E-state index in [1.807, 2.05) is 0 Å². The number of carbonyl (C=O) groups is 4. The van der Waals surface area contributed by atoms with Crippen molar-refractivity contribution in [2.24, 2.45) is 23.7 Å². The van der Waals surface area contributed by atoms with E-state index in [1.54, 1.807) is 0 Å². The van der Waals surface area contributed by atoms with Crippen molar-refractivity contribution < 1.29 is 80.2 Å². The highest BCUT2D eigenvalue weighted by Gasteiger charge is 2.30. The van der Waals surface area contributed by atoms with Gasteiger partial charge in [0, 0.05) is 25.7 Å². The number of aliphatic hydroxyl groups is 1. The monoisotopic (exact) mass is 1510 g/mol. The van der Waals surface area contributed by atoms with Gasteiger partial charge in [-0.25, -0.2) is 9.13 Å². The highest BCUT2D eigenvalue weighted by Crippen LogP contribution is 2.45. The Hall–Kier alpha value is -1.94. The van der Waals surface area contributed by atoms with E-state index in [-0.39, 0.29) is 25.7 Å². The van der Waals surface area contributed by atoms with Gasteiger partial charge in [-0.3, -0.25) is 37.3 Å². The van der Waals surface area contributed by atoms with Crippen molar-refractivity contribution in [3.63, 3.8) is 0 Å². The molecule has 0 aromatic carbocycles. The normalized spacial score (nSPS) is 14.2. The lowest BCUT2D eigenvalue weighted by Crippen LogP contribution is -2.30. The van der Waals surface area contributed by atoms with E-state index < -0.39 is 97.5 Å². The molecule has 0 radical (unpaired) electrons. The first-order valence-electron chi connectivity index (χ1n) is 43.2. The highest BCUT2D eigenvalue weighted by molar-refractivity contribution is 7.47. The zero-order valence-electron chi connectivity index (χ0n) is 68.0. The summed E-state index contributed by atoms with van der Waals surface area (Å²) < 4.78 is 68.8. The number of hydrogen-bond acceptors (Lipinski definition) is 15. The Kier molecular flexibility index (Phi) is 71.5. The molecule has 0 rings (SSSR count). The van der Waals surface area contributed by atoms with Crippen molar-refractivity contribution in [1.29, 1.82) is 0 Å². The number of phosphoric acid groups is 2. The molecule has 0 aliphatic heterocycles. The predicted molar refractivity (Wildman–Crippen MR) is 423 cm³/mol. The fourth-order valence-corrected chi connectivity index (χ4v) is 14.5. The van der Waals surface area contributed by atoms with E-state index in [2.05, 4.69) is 55.4 Å². The minimum Gasteiger partial charge on any atom is -0.462 e. The van der Waals surface area contributed by atoms with E-state index in [0.717, 1.165) is 114 Å². The molecule has 0 fully saturated rings. The number of esters is 4. The number of hydrogen-bond donors (Lipinski definition) is 3. The van der Waals surface area contributed by atoms with Gasteiger partial charge in [-0.05, 0) is 49.4 Å². The van der Waals surface area contributed by atoms with Gasteiger partial charge in [0.25, 0.3) is 0 Å². The van der Waals surface area contributed by atoms with Gasteiger partial charge in [-0.1, -0.05) is 383 Å². The molecule has 0 aromatic heterocycles. The molecule has 0 bridgehead atoms. The molecule has 0 amide bonds. The van der Waals surface area contributed by atoms with Crippen LogP contribution in [0.15, 0.2) is 0 Å². The highest BCUT2D eigenvalue weighted by atomic mass is 31.2. The fraction of sp³-hybridized carbons (Fsp3) is 0.952. The smallest absolute Gasteiger partial charge is 0.462 e. The van der Waals surface area contributed by atoms with Gasteiger partial charge in [-0.2, -0.15) is 0 Å². The summed E-state index contributed by atoms with van der Waals surface area (Å²) in [6.07, 6.45) is 61.0. The van der Waals surface area contributed by atoms with Gasteiger partial charge in [0.1, 0.15) is 19.3 Å². The lowest BCUT2D eigenvalue weighted by Gasteiger charge is -2.21. The second kappa shape index (κ2) is 72.9. The summed E-state index contributed by atoms with van der Waals surface area (Å²) in [6, 6.07) is 0. The molecule has 4 unspecified atom stereocenters. The minimum atomic E-state index is -4.97. The van der Waals surface area contributed by atoms with Gasteiger partial charge in [-0.15, -0.1) is 0 Å². The zero-order valence-corrected chi connectivity index (χ0v) is 69.7. The van der Waals surface area contributed by atoms with E-state index in [4.69, 9.17) is 37.0 Å². The number of rotatable bonds is 81. The maximum absolute atomic E-state index is 13.1. The second-order valence-electron chi connectivity index (χ2n) is 31.9. The van der Waals surface area contributed by atoms with Crippen LogP contribution in [-0.2, 0) is 65.4 Å². The molecule has 103 heavy (non-hydrogen) atoms. The summed E-state index contributed by atoms with van der Waals surface area (Å²) in [6.45, 7) is 14.3. The summed E-state index contributed by atoms with van der Waals surface area (Å²) >= 11 is 0. The van der Waals surface area contributed by atoms with Gasteiger partial charge >= 0.3 is 39.5 Å². The fourth-order valence-electron chi connectivity index (χ4n) is 12.9. The Morgan fingerprint density at radius 3 is 0.689 bits per heavy atom. The van der Waals surface area contributed by atoms with E-state index >= 15 is 0 Å². The molecule has 0 aromatic rings. The van der Waals surface area contributed by atoms with Crippen LogP contribution in [0.25, 0.3) is 0 Å². The number of carbonyl (C=O) groups excluding carboxylic acids is 4. The van der Waals surface area contributed by atoms with Crippen LogP contribution in [-0.4, -0.2) is 96.7 Å². The van der Waals surface area contributed by atoms with Crippen LogP contribution in [0.2, 0.25) is 0 Å². The third kappa shape index (κ3) is 76.6. The second-order valence-corrected chi connectivity index (χ2v) is 34.8. The lowest BCUT2D eigenvalue weighted by atomic mass is 9.99. The summed E-state index contributed by atoms with van der Waals surface area (Å²) in [5.74, 6) is 1.04. The summed E-state index contributed by atoms with van der Waals surface area (Å²) in [4.78, 5) is 73.1. The van der Waals surface area contributed by atoms with E-state index in [0.29, 0.717) is 31.6 Å². The van der Waals surface area contributed by atoms with Crippen LogP contribution in [0.1, 0.15) is 434 Å². The molecule has 17 nitrogen and oxygen atoms in total. The molecule has 0 spiro atoms. The SMILES string of the molecule is CCC(C)CCCCCCCCCCCCCCCCC(=O)O[C@H](COC(=O)CCCCCCCCCCCCCCCCC(C)C)COP(=O)(O)OCC(O)COP(=O)(O)OC[C@@H](COC(=O)CCCCCCCCCC(C)C)OC(=O)CCCCCCCCCCCCCCCCCC(C)C. The Labute approximate surface area is 632 Å². The topological polar surface area (TPSA) is 237 Å². The number of aliphatic hydroxyl groups excluding tert-OH is 1. The summed E-state index contributed by atoms with van der Waals surface area (Å²) in [5.41, 5.74) is 0. The van der Waals surface area contributed by atoms with Gasteiger partial charge in [0.2, 0.25) is 0 Å². The molecule has 19 heteroatoms. The lowest BCUT2D eigenvalue weighted by molar-refractivity contribution is -0.161. The van der Waals surface area contributed by atoms with Crippen LogP contribution in [0, 0.1) is 23.7 Å². The quantitative estimate of drug-likeness (QED) is 0.0222. The van der Waals surface area contributed by atoms with Crippen LogP contribution in [0.4, 0.5) is 0 Å². The van der Waals surface area contributed by atoms with Crippen molar-refractivity contribution in [2.75, 3.05) is 39.6 Å². The first kappa shape index (κ1) is 101. The zero-order chi connectivity index (χ0) is 76.0. The van der Waals surface area contributed by atoms with Gasteiger partial charge < -0.3 is 33.8 Å². The molecule has 0 heterocycles. The number of ether oxygens (including phenoxy) is 4. The minimum absolute atomic E-state index is 0.107. The maximum atomic E-state index is 13.1. The molecular weight excluding hydrogens is 1340 g/mol. The summed E-state index contributed by atoms with van der Waals surface area (Å²) in [5, 5.41) is 10.7. The maximum Gasteiger partial charge on any atom is 0.472 e. The van der Waals surface area contributed by atoms with Crippen molar-refractivity contribution in [2.45, 2.75) is 453 Å². The summed E-state index contributed by atoms with van der Waals surface area (Å²) in [7, 11) is -9.93. The average Bonchev–Trinajstić information content (AvgIpc) is 0.924. The number of unbranched alkanes of at least 4 members (excludes halogenated alkanes) is 46. The van der Waals surface area contributed by atoms with Crippen LogP contribution < -0.4 is 0 Å². The molecular formula is C84H164O17P2. The van der Waals surface area contributed by atoms with Crippen LogP contribution in [0.3, 0.4) is 0 Å². The molecule has 612 valence electrons. The van der Waals surface area contributed by atoms with Crippen molar-refractivity contribution >= 4 is 39.5 Å². The first-order chi connectivity index (χ1) is 49.6. The molecule has 0 saturated carbocycles. The van der Waals surface area contributed by atoms with Gasteiger partial charge in [0.05, 0.1) is 26.4 Å². The Bertz CT molecular complexity index is 2010. The molecule has 0 aliphatic rings. The molecule has 0 saturated heterocycles. The third-order valence-electron chi connectivity index (χ3n) is 19.9. The van der Waals surface area contributed by atoms with Crippen molar-refractivity contribution in [1.82, 2.24) is 0 Å².